The summed E-state index contributed by atoms with van der Waals surface area (Å²) < 4.78 is 5.65. The number of anilines is 1. The van der Waals surface area contributed by atoms with Gasteiger partial charge in [0.1, 0.15) is 5.76 Å². The van der Waals surface area contributed by atoms with E-state index in [2.05, 4.69) is 0 Å². The van der Waals surface area contributed by atoms with Gasteiger partial charge in [-0.2, -0.15) is 0 Å². The molecule has 0 fully saturated rings. The molecule has 0 aliphatic heterocycles. The quantitative estimate of drug-likeness (QED) is 0.494. The van der Waals surface area contributed by atoms with Gasteiger partial charge in [-0.15, -0.1) is 0 Å². The molecule has 0 spiro atoms. The van der Waals surface area contributed by atoms with E-state index in [9.17, 15) is 9.59 Å². The molecule has 26 heavy (non-hydrogen) atoms. The summed E-state index contributed by atoms with van der Waals surface area (Å²) in [5.74, 6) is -0.388. The standard InChI is InChI=1S/C20H18ClNO4/c1-11-19(15-9-14(21)10-16(22)20(15)26-11)17(23)7-6-12-2-4-13(5-3-12)8-18(24)25/h2-5,9-10H,6-8,22H2,1H3,(H,24,25). The van der Waals surface area contributed by atoms with Crippen molar-refractivity contribution >= 4 is 40.0 Å². The number of carbonyl (C=O) groups is 2. The number of nitrogens with two attached hydrogens (primary N) is 1. The molecule has 2 aromatic carbocycles. The zero-order valence-corrected chi connectivity index (χ0v) is 15.0. The highest BCUT2D eigenvalue weighted by Crippen LogP contribution is 2.33. The molecule has 3 rings (SSSR count). The van der Waals surface area contributed by atoms with Gasteiger partial charge in [0.15, 0.2) is 11.4 Å². The molecule has 0 amide bonds. The number of carboxylic acid groups (broad SMARTS) is 1. The first kappa shape index (κ1) is 18.0. The van der Waals surface area contributed by atoms with Crippen LogP contribution in [0.3, 0.4) is 0 Å². The summed E-state index contributed by atoms with van der Waals surface area (Å²) in [4.78, 5) is 23.4. The van der Waals surface area contributed by atoms with Gasteiger partial charge in [-0.3, -0.25) is 9.59 Å². The molecule has 0 aliphatic rings. The van der Waals surface area contributed by atoms with Gasteiger partial charge in [0.25, 0.3) is 0 Å². The van der Waals surface area contributed by atoms with Gasteiger partial charge in [0, 0.05) is 16.8 Å². The number of nitrogen functional groups attached to an aromatic ring is 1. The average Bonchev–Trinajstić information content (AvgIpc) is 2.90. The Hall–Kier alpha value is -2.79. The molecular weight excluding hydrogens is 354 g/mol. The van der Waals surface area contributed by atoms with E-state index in [1.807, 2.05) is 12.1 Å². The van der Waals surface area contributed by atoms with E-state index in [0.29, 0.717) is 45.8 Å². The molecule has 0 bridgehead atoms. The predicted molar refractivity (Wildman–Crippen MR) is 101 cm³/mol. The van der Waals surface area contributed by atoms with E-state index < -0.39 is 5.97 Å². The number of fused-ring (bicyclic) bond motifs is 1. The normalized spacial score (nSPS) is 11.0. The largest absolute Gasteiger partial charge is 0.481 e. The van der Waals surface area contributed by atoms with Crippen molar-refractivity contribution in [3.8, 4) is 0 Å². The highest BCUT2D eigenvalue weighted by molar-refractivity contribution is 6.32. The molecule has 0 saturated carbocycles. The summed E-state index contributed by atoms with van der Waals surface area (Å²) in [5, 5.41) is 9.89. The molecule has 3 aromatic rings. The summed E-state index contributed by atoms with van der Waals surface area (Å²) in [7, 11) is 0. The van der Waals surface area contributed by atoms with Gasteiger partial charge in [0.2, 0.25) is 0 Å². The van der Waals surface area contributed by atoms with Crippen molar-refractivity contribution in [2.75, 3.05) is 5.73 Å². The maximum Gasteiger partial charge on any atom is 0.307 e. The number of Topliss-reactive ketones (excluding diaryl/α,β-unsaturated/α-hetero) is 1. The van der Waals surface area contributed by atoms with Crippen LogP contribution in [-0.4, -0.2) is 16.9 Å². The smallest absolute Gasteiger partial charge is 0.307 e. The lowest BCUT2D eigenvalue weighted by Crippen LogP contribution is -2.03. The number of benzene rings is 2. The van der Waals surface area contributed by atoms with E-state index in [1.54, 1.807) is 31.2 Å². The molecule has 1 aromatic heterocycles. The topological polar surface area (TPSA) is 93.5 Å². The van der Waals surface area contributed by atoms with Crippen LogP contribution in [0.4, 0.5) is 5.69 Å². The fourth-order valence-corrected chi connectivity index (χ4v) is 3.26. The summed E-state index contributed by atoms with van der Waals surface area (Å²) in [6.45, 7) is 1.74. The molecule has 0 radical (unpaired) electrons. The number of furan rings is 1. The van der Waals surface area contributed by atoms with Gasteiger partial charge in [-0.05, 0) is 36.6 Å². The first-order valence-corrected chi connectivity index (χ1v) is 8.54. The third-order valence-corrected chi connectivity index (χ3v) is 4.48. The molecule has 0 aliphatic carbocycles. The van der Waals surface area contributed by atoms with Crippen LogP contribution in [0.25, 0.3) is 11.0 Å². The minimum absolute atomic E-state index is 0.0123. The Bertz CT molecular complexity index is 989. The van der Waals surface area contributed by atoms with Crippen LogP contribution in [0.2, 0.25) is 5.02 Å². The molecule has 6 heteroatoms. The Morgan fingerprint density at radius 1 is 1.15 bits per heavy atom. The van der Waals surface area contributed by atoms with Crippen LogP contribution in [-0.2, 0) is 17.6 Å². The van der Waals surface area contributed by atoms with Crippen LogP contribution in [0.15, 0.2) is 40.8 Å². The molecular formula is C20H18ClNO4. The van der Waals surface area contributed by atoms with Crippen molar-refractivity contribution < 1.29 is 19.1 Å². The van der Waals surface area contributed by atoms with Gasteiger partial charge in [-0.25, -0.2) is 0 Å². The van der Waals surface area contributed by atoms with Gasteiger partial charge >= 0.3 is 5.97 Å². The monoisotopic (exact) mass is 371 g/mol. The zero-order valence-electron chi connectivity index (χ0n) is 14.2. The number of ketones is 1. The van der Waals surface area contributed by atoms with Crippen molar-refractivity contribution in [1.82, 2.24) is 0 Å². The summed E-state index contributed by atoms with van der Waals surface area (Å²) in [6.07, 6.45) is 0.843. The number of hydrogen-bond acceptors (Lipinski definition) is 4. The van der Waals surface area contributed by atoms with Crippen LogP contribution < -0.4 is 5.73 Å². The number of halogens is 1. The van der Waals surface area contributed by atoms with Crippen molar-refractivity contribution in [2.45, 2.75) is 26.2 Å². The second-order valence-corrected chi connectivity index (χ2v) is 6.65. The Kier molecular flexibility index (Phi) is 5.00. The Balaban J connectivity index is 1.77. The molecule has 0 unspecified atom stereocenters. The van der Waals surface area contributed by atoms with Crippen molar-refractivity contribution in [3.63, 3.8) is 0 Å². The maximum absolute atomic E-state index is 12.7. The van der Waals surface area contributed by atoms with Crippen molar-refractivity contribution in [2.24, 2.45) is 0 Å². The third kappa shape index (κ3) is 3.73. The lowest BCUT2D eigenvalue weighted by Gasteiger charge is -2.04. The first-order chi connectivity index (χ1) is 12.3. The fourth-order valence-electron chi connectivity index (χ4n) is 3.04. The Morgan fingerprint density at radius 2 is 1.81 bits per heavy atom. The van der Waals surface area contributed by atoms with Crippen molar-refractivity contribution in [1.29, 1.82) is 0 Å². The number of rotatable bonds is 6. The molecule has 0 atom stereocenters. The fraction of sp³-hybridized carbons (Fsp3) is 0.200. The lowest BCUT2D eigenvalue weighted by molar-refractivity contribution is -0.136. The number of aliphatic carboxylic acids is 1. The van der Waals surface area contributed by atoms with E-state index in [1.165, 1.54) is 0 Å². The summed E-state index contributed by atoms with van der Waals surface area (Å²) in [5.41, 5.74) is 9.02. The zero-order chi connectivity index (χ0) is 18.8. The van der Waals surface area contributed by atoms with Crippen LogP contribution >= 0.6 is 11.6 Å². The van der Waals surface area contributed by atoms with Crippen LogP contribution in [0, 0.1) is 6.92 Å². The highest BCUT2D eigenvalue weighted by atomic mass is 35.5. The second kappa shape index (κ2) is 7.22. The van der Waals surface area contributed by atoms with E-state index in [4.69, 9.17) is 26.9 Å². The second-order valence-electron chi connectivity index (χ2n) is 6.22. The summed E-state index contributed by atoms with van der Waals surface area (Å²) in [6, 6.07) is 10.5. The van der Waals surface area contributed by atoms with E-state index in [0.717, 1.165) is 11.1 Å². The molecule has 1 heterocycles. The van der Waals surface area contributed by atoms with Crippen molar-refractivity contribution in [3.05, 3.63) is 63.9 Å². The summed E-state index contributed by atoms with van der Waals surface area (Å²) >= 11 is 6.06. The minimum atomic E-state index is -0.867. The lowest BCUT2D eigenvalue weighted by atomic mass is 9.99. The maximum atomic E-state index is 12.7. The van der Waals surface area contributed by atoms with E-state index in [-0.39, 0.29) is 12.2 Å². The number of carboxylic acids is 1. The Labute approximate surface area is 155 Å². The van der Waals surface area contributed by atoms with E-state index >= 15 is 0 Å². The first-order valence-electron chi connectivity index (χ1n) is 8.16. The van der Waals surface area contributed by atoms with Gasteiger partial charge in [-0.1, -0.05) is 35.9 Å². The molecule has 0 saturated heterocycles. The average molecular weight is 372 g/mol. The highest BCUT2D eigenvalue weighted by Gasteiger charge is 2.20. The third-order valence-electron chi connectivity index (χ3n) is 4.26. The van der Waals surface area contributed by atoms with Gasteiger partial charge in [0.05, 0.1) is 17.7 Å². The molecule has 134 valence electrons. The van der Waals surface area contributed by atoms with Crippen LogP contribution in [0.1, 0.15) is 33.7 Å². The molecule has 3 N–H and O–H groups in total. The van der Waals surface area contributed by atoms with Crippen LogP contribution in [0.5, 0.6) is 0 Å². The van der Waals surface area contributed by atoms with Gasteiger partial charge < -0.3 is 15.3 Å². The number of aryl methyl sites for hydroxylation is 2. The Morgan fingerprint density at radius 3 is 2.46 bits per heavy atom. The predicted octanol–water partition coefficient (Wildman–Crippen LogP) is 4.42. The minimum Gasteiger partial charge on any atom is -0.481 e. The number of hydrogen-bond donors (Lipinski definition) is 2. The SMILES string of the molecule is Cc1oc2c(N)cc(Cl)cc2c1C(=O)CCc1ccc(CC(=O)O)cc1. The molecule has 5 nitrogen and oxygen atoms in total. The number of carbonyl (C=O) groups excluding carboxylic acids is 1.